The maximum atomic E-state index is 12.5. The SMILES string of the molecule is COc1cc(CN2C[C@@H]3CCCN3C(=O)[C@@H]2C)cc2c1OCO2. The van der Waals surface area contributed by atoms with Crippen LogP contribution in [0.25, 0.3) is 0 Å². The van der Waals surface area contributed by atoms with Gasteiger partial charge in [0.15, 0.2) is 11.5 Å². The molecule has 2 atom stereocenters. The number of amides is 1. The number of hydrogen-bond acceptors (Lipinski definition) is 5. The van der Waals surface area contributed by atoms with Crippen molar-refractivity contribution in [2.45, 2.75) is 38.4 Å². The van der Waals surface area contributed by atoms with E-state index >= 15 is 0 Å². The van der Waals surface area contributed by atoms with Gasteiger partial charge in [0.25, 0.3) is 0 Å². The smallest absolute Gasteiger partial charge is 0.239 e. The van der Waals surface area contributed by atoms with Crippen molar-refractivity contribution in [2.75, 3.05) is 27.0 Å². The highest BCUT2D eigenvalue weighted by atomic mass is 16.7. The van der Waals surface area contributed by atoms with E-state index in [4.69, 9.17) is 14.2 Å². The Balaban J connectivity index is 1.57. The van der Waals surface area contributed by atoms with Gasteiger partial charge in [-0.15, -0.1) is 0 Å². The normalized spacial score (nSPS) is 26.5. The van der Waals surface area contributed by atoms with E-state index in [0.717, 1.165) is 37.2 Å². The Labute approximate surface area is 135 Å². The molecule has 1 aromatic rings. The van der Waals surface area contributed by atoms with Crippen LogP contribution in [0, 0.1) is 0 Å². The Morgan fingerprint density at radius 2 is 2.22 bits per heavy atom. The Hall–Kier alpha value is -1.95. The zero-order valence-electron chi connectivity index (χ0n) is 13.6. The van der Waals surface area contributed by atoms with Crippen molar-refractivity contribution in [1.82, 2.24) is 9.80 Å². The Morgan fingerprint density at radius 3 is 3.04 bits per heavy atom. The molecular formula is C17H22N2O4. The van der Waals surface area contributed by atoms with Gasteiger partial charge in [0.1, 0.15) is 0 Å². The van der Waals surface area contributed by atoms with Gasteiger partial charge >= 0.3 is 0 Å². The predicted octanol–water partition coefficient (Wildman–Crippen LogP) is 1.62. The molecule has 6 heteroatoms. The first-order valence-corrected chi connectivity index (χ1v) is 8.18. The summed E-state index contributed by atoms with van der Waals surface area (Å²) in [6.45, 7) is 4.79. The maximum absolute atomic E-state index is 12.5. The molecule has 0 radical (unpaired) electrons. The van der Waals surface area contributed by atoms with Gasteiger partial charge in [0, 0.05) is 25.7 Å². The highest BCUT2D eigenvalue weighted by Gasteiger charge is 2.40. The number of rotatable bonds is 3. The van der Waals surface area contributed by atoms with Gasteiger partial charge in [0.05, 0.1) is 13.2 Å². The van der Waals surface area contributed by atoms with Crippen molar-refractivity contribution < 1.29 is 19.0 Å². The fourth-order valence-electron chi connectivity index (χ4n) is 3.85. The van der Waals surface area contributed by atoms with Crippen LogP contribution in [0.1, 0.15) is 25.3 Å². The summed E-state index contributed by atoms with van der Waals surface area (Å²) in [4.78, 5) is 16.8. The average Bonchev–Trinajstić information content (AvgIpc) is 3.20. The summed E-state index contributed by atoms with van der Waals surface area (Å²) in [5.41, 5.74) is 1.08. The second-order valence-electron chi connectivity index (χ2n) is 6.46. The van der Waals surface area contributed by atoms with Gasteiger partial charge in [-0.05, 0) is 37.5 Å². The zero-order chi connectivity index (χ0) is 16.0. The van der Waals surface area contributed by atoms with Crippen molar-refractivity contribution >= 4 is 5.91 Å². The Morgan fingerprint density at radius 1 is 1.35 bits per heavy atom. The minimum absolute atomic E-state index is 0.0826. The van der Waals surface area contributed by atoms with Gasteiger partial charge in [0.2, 0.25) is 18.4 Å². The van der Waals surface area contributed by atoms with E-state index in [-0.39, 0.29) is 18.7 Å². The topological polar surface area (TPSA) is 51.2 Å². The molecule has 0 spiro atoms. The number of hydrogen-bond donors (Lipinski definition) is 0. The molecule has 2 saturated heterocycles. The number of fused-ring (bicyclic) bond motifs is 2. The molecule has 1 amide bonds. The third-order valence-electron chi connectivity index (χ3n) is 5.11. The van der Waals surface area contributed by atoms with Crippen LogP contribution in [0.5, 0.6) is 17.2 Å². The highest BCUT2D eigenvalue weighted by Crippen LogP contribution is 2.42. The third kappa shape index (κ3) is 2.41. The Bertz CT molecular complexity index is 633. The average molecular weight is 318 g/mol. The van der Waals surface area contributed by atoms with Crippen LogP contribution in [-0.2, 0) is 11.3 Å². The fourth-order valence-corrected chi connectivity index (χ4v) is 3.85. The lowest BCUT2D eigenvalue weighted by molar-refractivity contribution is -0.143. The highest BCUT2D eigenvalue weighted by molar-refractivity contribution is 5.83. The summed E-state index contributed by atoms with van der Waals surface area (Å²) < 4.78 is 16.3. The number of ether oxygens (including phenoxy) is 3. The van der Waals surface area contributed by atoms with Crippen LogP contribution in [-0.4, -0.2) is 54.8 Å². The number of carbonyl (C=O) groups excluding carboxylic acids is 1. The maximum Gasteiger partial charge on any atom is 0.239 e. The molecule has 0 aromatic heterocycles. The van der Waals surface area contributed by atoms with Gasteiger partial charge < -0.3 is 19.1 Å². The molecule has 6 nitrogen and oxygen atoms in total. The van der Waals surface area contributed by atoms with Crippen LogP contribution >= 0.6 is 0 Å². The number of carbonyl (C=O) groups is 1. The van der Waals surface area contributed by atoms with Crippen molar-refractivity contribution in [3.8, 4) is 17.2 Å². The van der Waals surface area contributed by atoms with Crippen LogP contribution in [0.2, 0.25) is 0 Å². The van der Waals surface area contributed by atoms with E-state index in [2.05, 4.69) is 9.80 Å². The molecule has 3 heterocycles. The van der Waals surface area contributed by atoms with Crippen LogP contribution in [0.3, 0.4) is 0 Å². The number of benzene rings is 1. The molecule has 3 aliphatic heterocycles. The molecule has 0 bridgehead atoms. The molecule has 2 fully saturated rings. The summed E-state index contributed by atoms with van der Waals surface area (Å²) in [5.74, 6) is 2.33. The molecule has 0 N–H and O–H groups in total. The molecule has 124 valence electrons. The van der Waals surface area contributed by atoms with Crippen molar-refractivity contribution in [3.63, 3.8) is 0 Å². The van der Waals surface area contributed by atoms with E-state index in [1.165, 1.54) is 0 Å². The molecule has 3 aliphatic rings. The zero-order valence-corrected chi connectivity index (χ0v) is 13.6. The lowest BCUT2D eigenvalue weighted by Crippen LogP contribution is -2.58. The molecule has 1 aromatic carbocycles. The van der Waals surface area contributed by atoms with E-state index in [0.29, 0.717) is 24.1 Å². The quantitative estimate of drug-likeness (QED) is 0.848. The first-order chi connectivity index (χ1) is 11.2. The van der Waals surface area contributed by atoms with Crippen LogP contribution in [0.15, 0.2) is 12.1 Å². The van der Waals surface area contributed by atoms with Gasteiger partial charge in [-0.3, -0.25) is 9.69 Å². The molecule has 0 aliphatic carbocycles. The summed E-state index contributed by atoms with van der Waals surface area (Å²) in [7, 11) is 1.63. The fraction of sp³-hybridized carbons (Fsp3) is 0.588. The first-order valence-electron chi connectivity index (χ1n) is 8.18. The lowest BCUT2D eigenvalue weighted by Gasteiger charge is -2.41. The summed E-state index contributed by atoms with van der Waals surface area (Å²) >= 11 is 0. The van der Waals surface area contributed by atoms with Crippen molar-refractivity contribution in [2.24, 2.45) is 0 Å². The van der Waals surface area contributed by atoms with E-state index in [1.54, 1.807) is 7.11 Å². The predicted molar refractivity (Wildman–Crippen MR) is 83.7 cm³/mol. The molecule has 0 unspecified atom stereocenters. The largest absolute Gasteiger partial charge is 0.493 e. The van der Waals surface area contributed by atoms with Crippen molar-refractivity contribution in [1.29, 1.82) is 0 Å². The molecule has 0 saturated carbocycles. The molecule has 4 rings (SSSR count). The minimum Gasteiger partial charge on any atom is -0.493 e. The lowest BCUT2D eigenvalue weighted by atomic mass is 10.1. The van der Waals surface area contributed by atoms with E-state index < -0.39 is 0 Å². The van der Waals surface area contributed by atoms with Gasteiger partial charge in [-0.1, -0.05) is 0 Å². The standard InChI is InChI=1S/C17H22N2O4/c1-11-17(20)19-5-3-4-13(19)9-18(11)8-12-6-14(21-2)16-15(7-12)22-10-23-16/h6-7,11,13H,3-5,8-10H2,1-2H3/t11-,13-/m0/s1. The second kappa shape index (κ2) is 5.60. The van der Waals surface area contributed by atoms with E-state index in [9.17, 15) is 4.79 Å². The second-order valence-corrected chi connectivity index (χ2v) is 6.46. The summed E-state index contributed by atoms with van der Waals surface area (Å²) in [5, 5.41) is 0. The monoisotopic (exact) mass is 318 g/mol. The summed E-state index contributed by atoms with van der Waals surface area (Å²) in [6.07, 6.45) is 2.23. The van der Waals surface area contributed by atoms with Gasteiger partial charge in [-0.25, -0.2) is 0 Å². The number of methoxy groups -OCH3 is 1. The number of piperazine rings is 1. The molecule has 23 heavy (non-hydrogen) atoms. The van der Waals surface area contributed by atoms with Crippen LogP contribution in [0.4, 0.5) is 0 Å². The van der Waals surface area contributed by atoms with Crippen molar-refractivity contribution in [3.05, 3.63) is 17.7 Å². The number of nitrogens with zero attached hydrogens (tertiary/aromatic N) is 2. The van der Waals surface area contributed by atoms with Crippen LogP contribution < -0.4 is 14.2 Å². The Kier molecular flexibility index (Phi) is 3.56. The summed E-state index contributed by atoms with van der Waals surface area (Å²) in [6, 6.07) is 4.25. The van der Waals surface area contributed by atoms with E-state index in [1.807, 2.05) is 19.1 Å². The minimum atomic E-state index is -0.0826. The molecular weight excluding hydrogens is 296 g/mol. The van der Waals surface area contributed by atoms with Gasteiger partial charge in [-0.2, -0.15) is 0 Å². The first kappa shape index (κ1) is 14.6. The third-order valence-corrected chi connectivity index (χ3v) is 5.11.